The molecule has 0 N–H and O–H groups in total. The Balaban J connectivity index is 1.71. The minimum atomic E-state index is -0.0721. The van der Waals surface area contributed by atoms with Crippen molar-refractivity contribution in [2.75, 3.05) is 5.75 Å². The molecule has 1 aromatic heterocycles. The number of para-hydroxylation sites is 1. The van der Waals surface area contributed by atoms with Gasteiger partial charge in [0.2, 0.25) is 5.16 Å². The van der Waals surface area contributed by atoms with Gasteiger partial charge < -0.3 is 0 Å². The van der Waals surface area contributed by atoms with Crippen LogP contribution < -0.4 is 0 Å². The zero-order valence-electron chi connectivity index (χ0n) is 11.1. The summed E-state index contributed by atoms with van der Waals surface area (Å²) in [5.74, 6) is 0.707. The predicted octanol–water partition coefficient (Wildman–Crippen LogP) is 3.73. The molecule has 106 valence electrons. The highest BCUT2D eigenvalue weighted by Gasteiger charge is 2.13. The maximum Gasteiger partial charge on any atom is 0.214 e. The largest absolute Gasteiger partial charge is 0.214 e. The van der Waals surface area contributed by atoms with Crippen LogP contribution in [0.4, 0.5) is 0 Å². The van der Waals surface area contributed by atoms with Crippen LogP contribution in [-0.4, -0.2) is 26.0 Å². The van der Waals surface area contributed by atoms with Gasteiger partial charge >= 0.3 is 0 Å². The average Bonchev–Trinajstić information content (AvgIpc) is 3.03. The Hall–Kier alpha value is -1.85. The lowest BCUT2D eigenvalue weighted by molar-refractivity contribution is 0.756. The molecule has 21 heavy (non-hydrogen) atoms. The van der Waals surface area contributed by atoms with E-state index >= 15 is 0 Å². The van der Waals surface area contributed by atoms with Crippen LogP contribution in [0, 0.1) is 0 Å². The van der Waals surface area contributed by atoms with Crippen LogP contribution in [0.1, 0.15) is 10.9 Å². The summed E-state index contributed by atoms with van der Waals surface area (Å²) in [6, 6.07) is 19.8. The summed E-state index contributed by atoms with van der Waals surface area (Å²) in [5.41, 5.74) is 2.04. The minimum Gasteiger partial charge on any atom is -0.188 e. The van der Waals surface area contributed by atoms with Gasteiger partial charge in [-0.15, -0.1) is 16.7 Å². The van der Waals surface area contributed by atoms with Crippen LogP contribution in [0.3, 0.4) is 0 Å². The van der Waals surface area contributed by atoms with Gasteiger partial charge in [-0.3, -0.25) is 0 Å². The Labute approximate surface area is 132 Å². The van der Waals surface area contributed by atoms with E-state index in [0.717, 1.165) is 16.4 Å². The normalized spacial score (nSPS) is 12.2. The van der Waals surface area contributed by atoms with Crippen molar-refractivity contribution in [2.24, 2.45) is 0 Å². The second kappa shape index (κ2) is 6.74. The van der Waals surface area contributed by atoms with E-state index in [2.05, 4.69) is 15.5 Å². The third kappa shape index (κ3) is 3.43. The number of rotatable bonds is 5. The summed E-state index contributed by atoms with van der Waals surface area (Å²) in [6.45, 7) is 0. The van der Waals surface area contributed by atoms with Gasteiger partial charge in [-0.1, -0.05) is 60.3 Å². The number of hydrogen-bond donors (Lipinski definition) is 0. The van der Waals surface area contributed by atoms with Crippen molar-refractivity contribution in [3.05, 3.63) is 66.2 Å². The van der Waals surface area contributed by atoms with Gasteiger partial charge in [0.05, 0.1) is 11.1 Å². The number of aromatic nitrogens is 4. The second-order valence-corrected chi connectivity index (χ2v) is 5.91. The van der Waals surface area contributed by atoms with E-state index in [1.165, 1.54) is 0 Å². The molecule has 1 atom stereocenters. The summed E-state index contributed by atoms with van der Waals surface area (Å²) in [6.07, 6.45) is 0. The van der Waals surface area contributed by atoms with E-state index in [-0.39, 0.29) is 5.38 Å². The Morgan fingerprint density at radius 3 is 2.38 bits per heavy atom. The zero-order chi connectivity index (χ0) is 14.5. The van der Waals surface area contributed by atoms with Gasteiger partial charge in [-0.25, -0.2) is 0 Å². The van der Waals surface area contributed by atoms with Crippen LogP contribution in [0.25, 0.3) is 5.69 Å². The predicted molar refractivity (Wildman–Crippen MR) is 84.9 cm³/mol. The number of alkyl halides is 1. The first-order chi connectivity index (χ1) is 10.3. The van der Waals surface area contributed by atoms with E-state index in [1.807, 2.05) is 60.7 Å². The Bertz CT molecular complexity index is 687. The van der Waals surface area contributed by atoms with Crippen molar-refractivity contribution in [3.63, 3.8) is 0 Å². The minimum absolute atomic E-state index is 0.0721. The van der Waals surface area contributed by atoms with E-state index < -0.39 is 0 Å². The zero-order valence-corrected chi connectivity index (χ0v) is 12.7. The molecule has 0 saturated carbocycles. The molecule has 4 nitrogen and oxygen atoms in total. The van der Waals surface area contributed by atoms with Crippen molar-refractivity contribution >= 4 is 23.4 Å². The number of thioether (sulfide) groups is 1. The number of halogens is 1. The molecule has 0 unspecified atom stereocenters. The lowest BCUT2D eigenvalue weighted by Crippen LogP contribution is -2.00. The Kier molecular flexibility index (Phi) is 4.52. The first kappa shape index (κ1) is 14.1. The van der Waals surface area contributed by atoms with Crippen LogP contribution in [0.5, 0.6) is 0 Å². The van der Waals surface area contributed by atoms with Crippen molar-refractivity contribution in [1.29, 1.82) is 0 Å². The molecule has 0 aliphatic heterocycles. The average molecular weight is 317 g/mol. The highest BCUT2D eigenvalue weighted by atomic mass is 35.5. The lowest BCUT2D eigenvalue weighted by Gasteiger charge is -2.09. The maximum atomic E-state index is 6.42. The summed E-state index contributed by atoms with van der Waals surface area (Å²) >= 11 is 7.97. The molecule has 6 heteroatoms. The number of nitrogens with zero attached hydrogens (tertiary/aromatic N) is 4. The van der Waals surface area contributed by atoms with Gasteiger partial charge in [-0.05, 0) is 28.1 Å². The standard InChI is InChI=1S/C15H13ClN4S/c16-14(12-7-3-1-4-8-12)11-21-15-17-18-19-20(15)13-9-5-2-6-10-13/h1-10,14H,11H2/t14-/m0/s1. The topological polar surface area (TPSA) is 43.6 Å². The molecule has 1 heterocycles. The summed E-state index contributed by atoms with van der Waals surface area (Å²) in [7, 11) is 0. The summed E-state index contributed by atoms with van der Waals surface area (Å²) < 4.78 is 1.72. The molecule has 0 spiro atoms. The fourth-order valence-electron chi connectivity index (χ4n) is 1.91. The third-order valence-corrected chi connectivity index (χ3v) is 4.56. The SMILES string of the molecule is Cl[C@@H](CSc1nnnn1-c1ccccc1)c1ccccc1. The molecule has 0 bridgehead atoms. The highest BCUT2D eigenvalue weighted by molar-refractivity contribution is 7.99. The van der Waals surface area contributed by atoms with Crippen molar-refractivity contribution in [1.82, 2.24) is 20.2 Å². The smallest absolute Gasteiger partial charge is 0.188 e. The monoisotopic (exact) mass is 316 g/mol. The molecule has 0 fully saturated rings. The van der Waals surface area contributed by atoms with Crippen LogP contribution >= 0.6 is 23.4 Å². The third-order valence-electron chi connectivity index (χ3n) is 2.96. The van der Waals surface area contributed by atoms with Crippen molar-refractivity contribution in [2.45, 2.75) is 10.5 Å². The maximum absolute atomic E-state index is 6.42. The number of hydrogen-bond acceptors (Lipinski definition) is 4. The van der Waals surface area contributed by atoms with Gasteiger partial charge in [0.15, 0.2) is 0 Å². The van der Waals surface area contributed by atoms with Crippen molar-refractivity contribution < 1.29 is 0 Å². The molecule has 0 radical (unpaired) electrons. The lowest BCUT2D eigenvalue weighted by atomic mass is 10.2. The highest BCUT2D eigenvalue weighted by Crippen LogP contribution is 2.28. The number of tetrazole rings is 1. The van der Waals surface area contributed by atoms with E-state index in [1.54, 1.807) is 16.4 Å². The molecule has 3 aromatic rings. The fraction of sp³-hybridized carbons (Fsp3) is 0.133. The van der Waals surface area contributed by atoms with Crippen LogP contribution in [-0.2, 0) is 0 Å². The first-order valence-corrected chi connectivity index (χ1v) is 7.92. The van der Waals surface area contributed by atoms with Gasteiger partial charge in [-0.2, -0.15) is 4.68 Å². The molecule has 0 amide bonds. The molecular weight excluding hydrogens is 304 g/mol. The summed E-state index contributed by atoms with van der Waals surface area (Å²) in [5, 5.41) is 12.5. The van der Waals surface area contributed by atoms with Gasteiger partial charge in [0.1, 0.15) is 0 Å². The van der Waals surface area contributed by atoms with Crippen molar-refractivity contribution in [3.8, 4) is 5.69 Å². The van der Waals surface area contributed by atoms with Gasteiger partial charge in [0.25, 0.3) is 0 Å². The van der Waals surface area contributed by atoms with E-state index in [4.69, 9.17) is 11.6 Å². The summed E-state index contributed by atoms with van der Waals surface area (Å²) in [4.78, 5) is 0. The number of benzene rings is 2. The van der Waals surface area contributed by atoms with E-state index in [9.17, 15) is 0 Å². The first-order valence-electron chi connectivity index (χ1n) is 6.50. The molecular formula is C15H13ClN4S. The van der Waals surface area contributed by atoms with E-state index in [0.29, 0.717) is 5.75 Å². The molecule has 2 aromatic carbocycles. The Morgan fingerprint density at radius 2 is 1.67 bits per heavy atom. The van der Waals surface area contributed by atoms with Gasteiger partial charge in [0, 0.05) is 5.75 Å². The molecule has 0 saturated heterocycles. The second-order valence-electron chi connectivity index (χ2n) is 4.40. The fourth-order valence-corrected chi connectivity index (χ4v) is 3.09. The molecule has 3 rings (SSSR count). The Morgan fingerprint density at radius 1 is 1.00 bits per heavy atom. The molecule has 0 aliphatic carbocycles. The quantitative estimate of drug-likeness (QED) is 0.531. The van der Waals surface area contributed by atoms with Crippen LogP contribution in [0.15, 0.2) is 65.8 Å². The van der Waals surface area contributed by atoms with Crippen LogP contribution in [0.2, 0.25) is 0 Å². The molecule has 0 aliphatic rings.